The zero-order valence-corrected chi connectivity index (χ0v) is 16.9. The number of aliphatic hydroxyl groups is 1. The number of hydrogen-bond donors (Lipinski definition) is 9. The van der Waals surface area contributed by atoms with Gasteiger partial charge < -0.3 is 48.5 Å². The van der Waals surface area contributed by atoms with Gasteiger partial charge >= 0.3 is 11.9 Å². The summed E-state index contributed by atoms with van der Waals surface area (Å²) in [4.78, 5) is 61.8. The minimum absolute atomic E-state index is 0.0993. The summed E-state index contributed by atoms with van der Waals surface area (Å²) in [5.41, 5.74) is 16.0. The molecular formula is C16H29N7O8. The Hall–Kier alpha value is -3.46. The Morgan fingerprint density at radius 3 is 2.13 bits per heavy atom. The first-order valence-corrected chi connectivity index (χ1v) is 9.16. The number of aliphatic imine (C=N–C) groups is 1. The molecule has 0 saturated heterocycles. The van der Waals surface area contributed by atoms with E-state index >= 15 is 0 Å². The lowest BCUT2D eigenvalue weighted by atomic mass is 10.1. The van der Waals surface area contributed by atoms with Crippen LogP contribution in [0, 0.1) is 0 Å². The van der Waals surface area contributed by atoms with Crippen LogP contribution in [0.5, 0.6) is 0 Å². The number of aliphatic hydroxyl groups excluding tert-OH is 1. The summed E-state index contributed by atoms with van der Waals surface area (Å²) in [7, 11) is 0. The number of aliphatic carboxylic acids is 2. The molecule has 0 aromatic rings. The van der Waals surface area contributed by atoms with Crippen LogP contribution in [0.15, 0.2) is 4.99 Å². The van der Waals surface area contributed by atoms with Gasteiger partial charge in [0.25, 0.3) is 0 Å². The molecule has 0 unspecified atom stereocenters. The lowest BCUT2D eigenvalue weighted by Gasteiger charge is -2.22. The Kier molecular flexibility index (Phi) is 12.2. The third-order valence-electron chi connectivity index (χ3n) is 3.80. The first kappa shape index (κ1) is 27.5. The number of carbonyl (C=O) groups is 5. The largest absolute Gasteiger partial charge is 0.481 e. The highest BCUT2D eigenvalue weighted by Gasteiger charge is 2.30. The van der Waals surface area contributed by atoms with Crippen molar-refractivity contribution in [1.82, 2.24) is 16.0 Å². The van der Waals surface area contributed by atoms with Gasteiger partial charge in [0, 0.05) is 6.54 Å². The molecule has 0 aliphatic carbocycles. The molecule has 0 aromatic heterocycles. The molecule has 176 valence electrons. The lowest BCUT2D eigenvalue weighted by Crippen LogP contribution is -2.56. The van der Waals surface area contributed by atoms with Crippen molar-refractivity contribution in [3.8, 4) is 0 Å². The van der Waals surface area contributed by atoms with E-state index in [-0.39, 0.29) is 18.9 Å². The fraction of sp³-hybridized carbons (Fsp3) is 0.625. The van der Waals surface area contributed by atoms with E-state index in [0.717, 1.165) is 6.92 Å². The Morgan fingerprint density at radius 1 is 1.03 bits per heavy atom. The highest BCUT2D eigenvalue weighted by atomic mass is 16.4. The van der Waals surface area contributed by atoms with Gasteiger partial charge in [0.1, 0.15) is 6.04 Å². The van der Waals surface area contributed by atoms with Crippen LogP contribution in [0.25, 0.3) is 0 Å². The van der Waals surface area contributed by atoms with Crippen LogP contribution in [0.3, 0.4) is 0 Å². The second kappa shape index (κ2) is 13.7. The molecule has 0 heterocycles. The van der Waals surface area contributed by atoms with E-state index in [9.17, 15) is 29.1 Å². The Balaban J connectivity index is 4.75. The number of nitrogens with zero attached hydrogens (tertiary/aromatic N) is 1. The van der Waals surface area contributed by atoms with Crippen molar-refractivity contribution in [3.05, 3.63) is 0 Å². The number of hydrogen-bond acceptors (Lipinski definition) is 8. The van der Waals surface area contributed by atoms with Crippen LogP contribution in [-0.2, 0) is 24.0 Å². The minimum atomic E-state index is -1.71. The predicted octanol–water partition coefficient (Wildman–Crippen LogP) is -4.61. The summed E-state index contributed by atoms with van der Waals surface area (Å²) in [6, 6.07) is -4.31. The molecule has 0 bridgehead atoms. The van der Waals surface area contributed by atoms with Crippen molar-refractivity contribution in [3.63, 3.8) is 0 Å². The molecule has 15 nitrogen and oxygen atoms in total. The summed E-state index contributed by atoms with van der Waals surface area (Å²) in [6.45, 7) is 0.766. The number of guanidine groups is 1. The summed E-state index contributed by atoms with van der Waals surface area (Å²) in [6.07, 6.45) is -1.70. The number of nitrogens with one attached hydrogen (secondary N) is 3. The maximum Gasteiger partial charge on any atom is 0.328 e. The van der Waals surface area contributed by atoms with Crippen molar-refractivity contribution in [2.75, 3.05) is 13.1 Å². The fourth-order valence-electron chi connectivity index (χ4n) is 2.22. The zero-order valence-electron chi connectivity index (χ0n) is 16.9. The first-order valence-electron chi connectivity index (χ1n) is 9.16. The Labute approximate surface area is 177 Å². The average Bonchev–Trinajstić information content (AvgIpc) is 2.65. The normalized spacial score (nSPS) is 14.3. The molecule has 12 N–H and O–H groups in total. The molecular weight excluding hydrogens is 418 g/mol. The molecule has 0 aliphatic heterocycles. The quantitative estimate of drug-likeness (QED) is 0.0693. The molecule has 0 fully saturated rings. The summed E-state index contributed by atoms with van der Waals surface area (Å²) in [5, 5.41) is 33.6. The molecule has 15 heteroatoms. The van der Waals surface area contributed by atoms with Crippen LogP contribution >= 0.6 is 0 Å². The second-order valence-electron chi connectivity index (χ2n) is 6.56. The number of carboxylic acid groups (broad SMARTS) is 2. The van der Waals surface area contributed by atoms with Crippen molar-refractivity contribution in [2.45, 2.75) is 50.4 Å². The van der Waals surface area contributed by atoms with Crippen LogP contribution in [0.4, 0.5) is 0 Å². The van der Waals surface area contributed by atoms with Crippen LogP contribution in [-0.4, -0.2) is 88.3 Å². The number of rotatable bonds is 14. The van der Waals surface area contributed by atoms with E-state index in [0.29, 0.717) is 6.42 Å². The van der Waals surface area contributed by atoms with Gasteiger partial charge in [0.15, 0.2) is 12.0 Å². The number of carbonyl (C=O) groups excluding carboxylic acids is 3. The number of amides is 3. The van der Waals surface area contributed by atoms with E-state index < -0.39 is 66.9 Å². The van der Waals surface area contributed by atoms with Gasteiger partial charge in [-0.2, -0.15) is 0 Å². The van der Waals surface area contributed by atoms with Crippen LogP contribution in [0.1, 0.15) is 26.2 Å². The molecule has 31 heavy (non-hydrogen) atoms. The number of nitrogens with two attached hydrogens (primary N) is 3. The topological polar surface area (TPSA) is 273 Å². The number of carboxylic acids is 2. The average molecular weight is 447 g/mol. The van der Waals surface area contributed by atoms with E-state index in [1.165, 1.54) is 0 Å². The summed E-state index contributed by atoms with van der Waals surface area (Å²) in [5.74, 6) is -5.81. The van der Waals surface area contributed by atoms with E-state index in [2.05, 4.69) is 15.6 Å². The smallest absolute Gasteiger partial charge is 0.328 e. The maximum absolute atomic E-state index is 12.2. The van der Waals surface area contributed by atoms with Gasteiger partial charge in [0.2, 0.25) is 17.7 Å². The third-order valence-corrected chi connectivity index (χ3v) is 3.80. The SMILES string of the molecule is C[C@@H](O)[C@H](NC(=O)[C@H](CC(=O)O)NC(=O)CNC(=O)[C@@H](N)CCCN=C(N)N)C(=O)O. The lowest BCUT2D eigenvalue weighted by molar-refractivity contribution is -0.145. The summed E-state index contributed by atoms with van der Waals surface area (Å²) < 4.78 is 0. The molecule has 4 atom stereocenters. The molecule has 0 spiro atoms. The van der Waals surface area contributed by atoms with E-state index in [1.54, 1.807) is 0 Å². The molecule has 0 aliphatic rings. The third kappa shape index (κ3) is 12.0. The predicted molar refractivity (Wildman–Crippen MR) is 106 cm³/mol. The molecule has 0 radical (unpaired) electrons. The van der Waals surface area contributed by atoms with E-state index in [4.69, 9.17) is 27.4 Å². The van der Waals surface area contributed by atoms with Crippen LogP contribution < -0.4 is 33.2 Å². The van der Waals surface area contributed by atoms with Crippen LogP contribution in [0.2, 0.25) is 0 Å². The highest BCUT2D eigenvalue weighted by Crippen LogP contribution is 1.99. The fourth-order valence-corrected chi connectivity index (χ4v) is 2.22. The van der Waals surface area contributed by atoms with E-state index in [1.807, 2.05) is 5.32 Å². The van der Waals surface area contributed by atoms with Gasteiger partial charge in [-0.1, -0.05) is 0 Å². The van der Waals surface area contributed by atoms with Gasteiger partial charge in [-0.25, -0.2) is 4.79 Å². The van der Waals surface area contributed by atoms with Gasteiger partial charge in [0.05, 0.1) is 25.1 Å². The van der Waals surface area contributed by atoms with Crippen molar-refractivity contribution < 1.29 is 39.3 Å². The monoisotopic (exact) mass is 447 g/mol. The Morgan fingerprint density at radius 2 is 1.65 bits per heavy atom. The van der Waals surface area contributed by atoms with Gasteiger partial charge in [-0.15, -0.1) is 0 Å². The molecule has 0 saturated carbocycles. The van der Waals surface area contributed by atoms with Gasteiger partial charge in [-0.05, 0) is 19.8 Å². The molecule has 0 aromatic carbocycles. The standard InChI is InChI=1S/C16H29N7O8/c1-7(24)12(15(30)31)23-14(29)9(5-11(26)27)22-10(25)6-21-13(28)8(17)3-2-4-20-16(18)19/h7-9,12,24H,2-6,17H2,1H3,(H,21,28)(H,22,25)(H,23,29)(H,26,27)(H,30,31)(H4,18,19,20)/t7-,8+,9+,12+/m1/s1. The second-order valence-corrected chi connectivity index (χ2v) is 6.56. The first-order chi connectivity index (χ1) is 14.3. The summed E-state index contributed by atoms with van der Waals surface area (Å²) >= 11 is 0. The van der Waals surface area contributed by atoms with Crippen molar-refractivity contribution >= 4 is 35.6 Å². The van der Waals surface area contributed by atoms with Crippen molar-refractivity contribution in [1.29, 1.82) is 0 Å². The Bertz CT molecular complexity index is 693. The molecule has 0 rings (SSSR count). The molecule has 3 amide bonds. The minimum Gasteiger partial charge on any atom is -0.481 e. The van der Waals surface area contributed by atoms with Crippen molar-refractivity contribution in [2.24, 2.45) is 22.2 Å². The highest BCUT2D eigenvalue weighted by molar-refractivity contribution is 5.94. The zero-order chi connectivity index (χ0) is 24.1. The van der Waals surface area contributed by atoms with Gasteiger partial charge in [-0.3, -0.25) is 24.2 Å². The maximum atomic E-state index is 12.2.